The Labute approximate surface area is 241 Å². The number of allylic oxidation sites excluding steroid dienone is 1. The Morgan fingerprint density at radius 3 is 2.33 bits per heavy atom. The van der Waals surface area contributed by atoms with Crippen molar-refractivity contribution in [3.8, 4) is 0 Å². The molecule has 0 fully saturated rings. The van der Waals surface area contributed by atoms with Crippen LogP contribution in [0.2, 0.25) is 0 Å². The quantitative estimate of drug-likeness (QED) is 0.124. The molecule has 0 bridgehead atoms. The maximum atomic E-state index is 13.2. The van der Waals surface area contributed by atoms with Crippen LogP contribution in [0.15, 0.2) is 24.3 Å². The zero-order valence-electron chi connectivity index (χ0n) is 25.0. The van der Waals surface area contributed by atoms with Gasteiger partial charge in [-0.15, -0.1) is 0 Å². The van der Waals surface area contributed by atoms with E-state index < -0.39 is 18.0 Å². The zero-order chi connectivity index (χ0) is 29.4. The summed E-state index contributed by atoms with van der Waals surface area (Å²) in [5, 5.41) is 11.3. The minimum atomic E-state index is -0.799. The average molecular weight is 562 g/mol. The molecule has 40 heavy (non-hydrogen) atoms. The van der Waals surface area contributed by atoms with Gasteiger partial charge in [0.2, 0.25) is 11.8 Å². The normalized spacial score (nSPS) is 20.4. The van der Waals surface area contributed by atoms with Gasteiger partial charge in [0, 0.05) is 19.5 Å². The van der Waals surface area contributed by atoms with Gasteiger partial charge in [-0.3, -0.25) is 14.4 Å². The van der Waals surface area contributed by atoms with E-state index >= 15 is 0 Å². The number of ketones is 1. The number of hydrogen-bond acceptors (Lipinski definition) is 5. The number of nitrogens with one attached hydrogen (secondary N) is 4. The minimum Gasteiger partial charge on any atom is -0.352 e. The van der Waals surface area contributed by atoms with Crippen LogP contribution in [0.4, 0.5) is 4.79 Å². The summed E-state index contributed by atoms with van der Waals surface area (Å²) in [6.07, 6.45) is 21.4. The Balaban J connectivity index is 2.55. The molecule has 228 valence electrons. The number of carbonyl (C=O) groups is 4. The van der Waals surface area contributed by atoms with Gasteiger partial charge in [0.05, 0.1) is 0 Å². The van der Waals surface area contributed by atoms with E-state index in [4.69, 9.17) is 5.73 Å². The van der Waals surface area contributed by atoms with Gasteiger partial charge in [0.25, 0.3) is 0 Å². The summed E-state index contributed by atoms with van der Waals surface area (Å²) in [6.45, 7) is 5.59. The molecule has 4 amide bonds. The van der Waals surface area contributed by atoms with E-state index in [9.17, 15) is 19.2 Å². The summed E-state index contributed by atoms with van der Waals surface area (Å²) in [7, 11) is 0. The zero-order valence-corrected chi connectivity index (χ0v) is 25.0. The topological polar surface area (TPSA) is 142 Å². The Bertz CT molecular complexity index is 799. The number of unbranched alkanes of at least 4 members (excludes halogenated alkanes) is 10. The van der Waals surface area contributed by atoms with Crippen molar-refractivity contribution < 1.29 is 19.2 Å². The van der Waals surface area contributed by atoms with Gasteiger partial charge in [0.1, 0.15) is 12.1 Å². The largest absolute Gasteiger partial charge is 0.352 e. The standard InChI is InChI=1S/C31H55N5O4/c1-3-4-5-6-7-8-9-10-11-15-23-34-31(40)36-27(18-12-14-21-32)30(39)35-26-17-13-16-22-33-29(38)20-19-25(2)24-28(26)37/h13,17,19-20,25-27H,3-12,14-16,18,21-24,32H2,1-2H3,(H,33,38)(H,35,39)(H2,34,36,40)/b17-13+,20-19+/t25-,26-,27?/m0/s1. The number of nitrogens with two attached hydrogens (primary N) is 1. The van der Waals surface area contributed by atoms with Crippen LogP contribution < -0.4 is 27.0 Å². The van der Waals surface area contributed by atoms with E-state index in [2.05, 4.69) is 28.2 Å². The monoisotopic (exact) mass is 561 g/mol. The number of Topliss-reactive ketones (excluding diaryl/α,β-unsaturated/α-hetero) is 1. The third-order valence-corrected chi connectivity index (χ3v) is 7.07. The number of rotatable bonds is 18. The molecule has 0 aromatic heterocycles. The SMILES string of the molecule is CCCCCCCCCCCCNC(=O)NC(CCCCN)C(=O)N[C@H]1/C=C/CCNC(=O)/C=C/[C@H](C)CC1=O. The van der Waals surface area contributed by atoms with E-state index in [0.29, 0.717) is 38.9 Å². The molecule has 0 aromatic carbocycles. The number of urea groups is 1. The van der Waals surface area contributed by atoms with Crippen molar-refractivity contribution in [1.29, 1.82) is 0 Å². The maximum absolute atomic E-state index is 13.2. The molecule has 1 rings (SSSR count). The Morgan fingerprint density at radius 1 is 0.975 bits per heavy atom. The van der Waals surface area contributed by atoms with Crippen molar-refractivity contribution >= 4 is 23.6 Å². The highest BCUT2D eigenvalue weighted by atomic mass is 16.2. The first-order chi connectivity index (χ1) is 19.4. The highest BCUT2D eigenvalue weighted by Gasteiger charge is 2.25. The molecule has 1 aliphatic rings. The molecule has 0 spiro atoms. The fraction of sp³-hybridized carbons (Fsp3) is 0.742. The second kappa shape index (κ2) is 23.1. The molecule has 0 saturated heterocycles. The Morgan fingerprint density at radius 2 is 1.65 bits per heavy atom. The minimum absolute atomic E-state index is 0.145. The highest BCUT2D eigenvalue weighted by Crippen LogP contribution is 2.11. The van der Waals surface area contributed by atoms with Gasteiger partial charge in [-0.05, 0) is 50.6 Å². The van der Waals surface area contributed by atoms with Gasteiger partial charge in [-0.2, -0.15) is 0 Å². The van der Waals surface area contributed by atoms with Crippen molar-refractivity contribution in [3.63, 3.8) is 0 Å². The molecule has 0 aromatic rings. The first-order valence-corrected chi connectivity index (χ1v) is 15.6. The molecule has 3 atom stereocenters. The fourth-order valence-electron chi connectivity index (χ4n) is 4.61. The van der Waals surface area contributed by atoms with Crippen LogP contribution in [0.25, 0.3) is 0 Å². The third kappa shape index (κ3) is 17.8. The van der Waals surface area contributed by atoms with Gasteiger partial charge in [-0.1, -0.05) is 89.9 Å². The molecule has 1 heterocycles. The molecule has 9 heteroatoms. The molecule has 9 nitrogen and oxygen atoms in total. The smallest absolute Gasteiger partial charge is 0.315 e. The first-order valence-electron chi connectivity index (χ1n) is 15.6. The van der Waals surface area contributed by atoms with Crippen molar-refractivity contribution in [3.05, 3.63) is 24.3 Å². The van der Waals surface area contributed by atoms with Gasteiger partial charge in [0.15, 0.2) is 5.78 Å². The predicted molar refractivity (Wildman–Crippen MR) is 162 cm³/mol. The molecule has 0 aliphatic carbocycles. The number of hydrogen-bond donors (Lipinski definition) is 5. The Kier molecular flexibility index (Phi) is 20.4. The van der Waals surface area contributed by atoms with Crippen molar-refractivity contribution in [1.82, 2.24) is 21.3 Å². The van der Waals surface area contributed by atoms with E-state index in [1.54, 1.807) is 18.2 Å². The van der Waals surface area contributed by atoms with Gasteiger partial charge < -0.3 is 27.0 Å². The lowest BCUT2D eigenvalue weighted by atomic mass is 9.98. The van der Waals surface area contributed by atoms with E-state index in [0.717, 1.165) is 19.3 Å². The van der Waals surface area contributed by atoms with E-state index in [-0.39, 0.29) is 30.1 Å². The van der Waals surface area contributed by atoms with Crippen LogP contribution in [-0.4, -0.2) is 55.3 Å². The van der Waals surface area contributed by atoms with Crippen LogP contribution in [0.5, 0.6) is 0 Å². The summed E-state index contributed by atoms with van der Waals surface area (Å²) >= 11 is 0. The van der Waals surface area contributed by atoms with Crippen LogP contribution in [0, 0.1) is 5.92 Å². The van der Waals surface area contributed by atoms with Crippen molar-refractivity contribution in [2.45, 2.75) is 122 Å². The van der Waals surface area contributed by atoms with Crippen LogP contribution >= 0.6 is 0 Å². The van der Waals surface area contributed by atoms with Crippen LogP contribution in [-0.2, 0) is 14.4 Å². The predicted octanol–water partition coefficient (Wildman–Crippen LogP) is 4.42. The summed E-state index contributed by atoms with van der Waals surface area (Å²) in [4.78, 5) is 50.5. The van der Waals surface area contributed by atoms with E-state index in [1.807, 2.05) is 6.92 Å². The Hall–Kier alpha value is -2.68. The number of amides is 4. The highest BCUT2D eigenvalue weighted by molar-refractivity contribution is 5.94. The molecular weight excluding hydrogens is 506 g/mol. The second-order valence-electron chi connectivity index (χ2n) is 10.9. The summed E-state index contributed by atoms with van der Waals surface area (Å²) in [5.41, 5.74) is 5.63. The lowest BCUT2D eigenvalue weighted by molar-refractivity contribution is -0.128. The molecule has 0 saturated carbocycles. The third-order valence-electron chi connectivity index (χ3n) is 7.07. The molecule has 1 unspecified atom stereocenters. The second-order valence-corrected chi connectivity index (χ2v) is 10.9. The summed E-state index contributed by atoms with van der Waals surface area (Å²) < 4.78 is 0. The molecule has 6 N–H and O–H groups in total. The maximum Gasteiger partial charge on any atom is 0.315 e. The van der Waals surface area contributed by atoms with Gasteiger partial charge >= 0.3 is 6.03 Å². The summed E-state index contributed by atoms with van der Waals surface area (Å²) in [6, 6.07) is -1.94. The van der Waals surface area contributed by atoms with Crippen LogP contribution in [0.1, 0.15) is 110 Å². The van der Waals surface area contributed by atoms with Crippen molar-refractivity contribution in [2.24, 2.45) is 11.7 Å². The van der Waals surface area contributed by atoms with Gasteiger partial charge in [-0.25, -0.2) is 4.79 Å². The fourth-order valence-corrected chi connectivity index (χ4v) is 4.61. The molecule has 0 radical (unpaired) electrons. The summed E-state index contributed by atoms with van der Waals surface area (Å²) in [5.74, 6) is -0.872. The average Bonchev–Trinajstić information content (AvgIpc) is 2.92. The van der Waals surface area contributed by atoms with E-state index in [1.165, 1.54) is 57.4 Å². The van der Waals surface area contributed by atoms with Crippen LogP contribution in [0.3, 0.4) is 0 Å². The lowest BCUT2D eigenvalue weighted by Gasteiger charge is -2.22. The number of carbonyl (C=O) groups excluding carboxylic acids is 4. The molecular formula is C31H55N5O4. The molecule has 1 aliphatic heterocycles. The first kappa shape index (κ1) is 35.3. The lowest BCUT2D eigenvalue weighted by Crippen LogP contribution is -2.53. The van der Waals surface area contributed by atoms with Crippen molar-refractivity contribution in [2.75, 3.05) is 19.6 Å².